The zero-order valence-corrected chi connectivity index (χ0v) is 10.4. The van der Waals surface area contributed by atoms with E-state index < -0.39 is 0 Å². The molecule has 0 spiro atoms. The third-order valence-corrected chi connectivity index (χ3v) is 2.66. The summed E-state index contributed by atoms with van der Waals surface area (Å²) in [6, 6.07) is 14.0. The standard InChI is InChI=1S/C15H15N3/c1-2-3-12-4-6-13(7-5-12)18-14-8-9-17-15(10-14)11-16/h4-10H,2-3H2,1H3,(H,17,18). The molecule has 2 aromatic rings. The van der Waals surface area contributed by atoms with Gasteiger partial charge in [-0.05, 0) is 36.2 Å². The van der Waals surface area contributed by atoms with Crippen molar-refractivity contribution in [2.24, 2.45) is 0 Å². The zero-order chi connectivity index (χ0) is 12.8. The number of hydrogen-bond donors (Lipinski definition) is 1. The van der Waals surface area contributed by atoms with E-state index in [1.807, 2.05) is 12.1 Å². The number of pyridine rings is 1. The molecule has 90 valence electrons. The Morgan fingerprint density at radius 3 is 2.61 bits per heavy atom. The van der Waals surface area contributed by atoms with Crippen molar-refractivity contribution in [1.82, 2.24) is 4.98 Å². The summed E-state index contributed by atoms with van der Waals surface area (Å²) in [5.74, 6) is 0. The van der Waals surface area contributed by atoms with Crippen LogP contribution in [-0.4, -0.2) is 4.98 Å². The molecule has 0 atom stereocenters. The molecule has 3 heteroatoms. The predicted octanol–water partition coefficient (Wildman–Crippen LogP) is 3.65. The van der Waals surface area contributed by atoms with Gasteiger partial charge in [0.1, 0.15) is 11.8 Å². The van der Waals surface area contributed by atoms with Crippen molar-refractivity contribution >= 4 is 11.4 Å². The van der Waals surface area contributed by atoms with Crippen LogP contribution in [0.4, 0.5) is 11.4 Å². The lowest BCUT2D eigenvalue weighted by atomic mass is 10.1. The average Bonchev–Trinajstić information content (AvgIpc) is 2.42. The highest BCUT2D eigenvalue weighted by molar-refractivity contribution is 5.60. The smallest absolute Gasteiger partial charge is 0.142 e. The minimum atomic E-state index is 0.419. The van der Waals surface area contributed by atoms with Crippen molar-refractivity contribution in [3.05, 3.63) is 53.9 Å². The molecule has 0 aliphatic carbocycles. The molecule has 1 N–H and O–H groups in total. The zero-order valence-electron chi connectivity index (χ0n) is 10.4. The van der Waals surface area contributed by atoms with Crippen LogP contribution in [0.15, 0.2) is 42.6 Å². The van der Waals surface area contributed by atoms with Gasteiger partial charge in [-0.1, -0.05) is 25.5 Å². The molecule has 0 unspecified atom stereocenters. The van der Waals surface area contributed by atoms with E-state index in [0.29, 0.717) is 5.69 Å². The van der Waals surface area contributed by atoms with E-state index in [0.717, 1.165) is 24.2 Å². The molecule has 0 fully saturated rings. The molecule has 1 heterocycles. The molecule has 3 nitrogen and oxygen atoms in total. The lowest BCUT2D eigenvalue weighted by molar-refractivity contribution is 0.922. The van der Waals surface area contributed by atoms with Crippen molar-refractivity contribution < 1.29 is 0 Å². The highest BCUT2D eigenvalue weighted by atomic mass is 14.9. The fourth-order valence-corrected chi connectivity index (χ4v) is 1.78. The average molecular weight is 237 g/mol. The number of nitrogens with one attached hydrogen (secondary N) is 1. The number of hydrogen-bond acceptors (Lipinski definition) is 3. The Bertz CT molecular complexity index is 553. The minimum Gasteiger partial charge on any atom is -0.355 e. The molecule has 2 rings (SSSR count). The van der Waals surface area contributed by atoms with Gasteiger partial charge in [-0.2, -0.15) is 5.26 Å². The first kappa shape index (κ1) is 12.1. The van der Waals surface area contributed by atoms with Crippen molar-refractivity contribution in [3.8, 4) is 6.07 Å². The van der Waals surface area contributed by atoms with Crippen molar-refractivity contribution in [2.45, 2.75) is 19.8 Å². The second-order valence-corrected chi connectivity index (χ2v) is 4.11. The summed E-state index contributed by atoms with van der Waals surface area (Å²) < 4.78 is 0. The first-order valence-electron chi connectivity index (χ1n) is 6.04. The maximum absolute atomic E-state index is 8.78. The maximum atomic E-state index is 8.78. The van der Waals surface area contributed by atoms with E-state index in [1.165, 1.54) is 5.56 Å². The lowest BCUT2D eigenvalue weighted by Crippen LogP contribution is -1.92. The Kier molecular flexibility index (Phi) is 3.93. The molecule has 0 aliphatic heterocycles. The number of aromatic nitrogens is 1. The molecule has 0 saturated carbocycles. The maximum Gasteiger partial charge on any atom is 0.142 e. The largest absolute Gasteiger partial charge is 0.355 e. The van der Waals surface area contributed by atoms with Gasteiger partial charge in [-0.3, -0.25) is 0 Å². The summed E-state index contributed by atoms with van der Waals surface area (Å²) in [4.78, 5) is 3.94. The van der Waals surface area contributed by atoms with E-state index >= 15 is 0 Å². The van der Waals surface area contributed by atoms with Gasteiger partial charge in [0.15, 0.2) is 0 Å². The first-order chi connectivity index (χ1) is 8.81. The first-order valence-corrected chi connectivity index (χ1v) is 6.04. The van der Waals surface area contributed by atoms with Gasteiger partial charge in [-0.15, -0.1) is 0 Å². The third-order valence-electron chi connectivity index (χ3n) is 2.66. The van der Waals surface area contributed by atoms with Gasteiger partial charge in [0, 0.05) is 17.6 Å². The normalized spacial score (nSPS) is 9.78. The van der Waals surface area contributed by atoms with Crippen LogP contribution in [0.1, 0.15) is 24.6 Å². The van der Waals surface area contributed by atoms with Crippen LogP contribution in [0.2, 0.25) is 0 Å². The number of benzene rings is 1. The van der Waals surface area contributed by atoms with Crippen molar-refractivity contribution in [3.63, 3.8) is 0 Å². The molecule has 1 aromatic carbocycles. The summed E-state index contributed by atoms with van der Waals surface area (Å²) in [6.45, 7) is 2.17. The summed E-state index contributed by atoms with van der Waals surface area (Å²) in [7, 11) is 0. The number of nitrogens with zero attached hydrogens (tertiary/aromatic N) is 2. The van der Waals surface area contributed by atoms with Gasteiger partial charge >= 0.3 is 0 Å². The van der Waals surface area contributed by atoms with E-state index in [9.17, 15) is 0 Å². The highest BCUT2D eigenvalue weighted by Crippen LogP contribution is 2.17. The number of aryl methyl sites for hydroxylation is 1. The minimum absolute atomic E-state index is 0.419. The monoisotopic (exact) mass is 237 g/mol. The number of anilines is 2. The molecular formula is C15H15N3. The molecule has 0 bridgehead atoms. The van der Waals surface area contributed by atoms with E-state index in [-0.39, 0.29) is 0 Å². The van der Waals surface area contributed by atoms with E-state index in [2.05, 4.69) is 41.5 Å². The summed E-state index contributed by atoms with van der Waals surface area (Å²) >= 11 is 0. The summed E-state index contributed by atoms with van der Waals surface area (Å²) in [5, 5.41) is 12.0. The quantitative estimate of drug-likeness (QED) is 0.883. The van der Waals surface area contributed by atoms with Gasteiger partial charge in [0.2, 0.25) is 0 Å². The van der Waals surface area contributed by atoms with Crippen LogP contribution >= 0.6 is 0 Å². The molecule has 0 saturated heterocycles. The fourth-order valence-electron chi connectivity index (χ4n) is 1.78. The van der Waals surface area contributed by atoms with Gasteiger partial charge in [0.25, 0.3) is 0 Å². The molecule has 1 aromatic heterocycles. The predicted molar refractivity (Wildman–Crippen MR) is 72.7 cm³/mol. The second-order valence-electron chi connectivity index (χ2n) is 4.11. The summed E-state index contributed by atoms with van der Waals surface area (Å²) in [6.07, 6.45) is 3.89. The number of nitriles is 1. The highest BCUT2D eigenvalue weighted by Gasteiger charge is 1.98. The third kappa shape index (κ3) is 3.08. The SMILES string of the molecule is CCCc1ccc(Nc2ccnc(C#N)c2)cc1. The van der Waals surface area contributed by atoms with Gasteiger partial charge < -0.3 is 5.32 Å². The lowest BCUT2D eigenvalue weighted by Gasteiger charge is -2.07. The molecule has 0 radical (unpaired) electrons. The Labute approximate surface area is 107 Å². The number of rotatable bonds is 4. The van der Waals surface area contributed by atoms with Crippen LogP contribution < -0.4 is 5.32 Å². The van der Waals surface area contributed by atoms with Crippen molar-refractivity contribution in [2.75, 3.05) is 5.32 Å². The van der Waals surface area contributed by atoms with E-state index in [1.54, 1.807) is 12.3 Å². The van der Waals surface area contributed by atoms with Gasteiger partial charge in [0.05, 0.1) is 0 Å². The molecule has 18 heavy (non-hydrogen) atoms. The molecule has 0 amide bonds. The second kappa shape index (κ2) is 5.83. The van der Waals surface area contributed by atoms with Crippen LogP contribution in [0, 0.1) is 11.3 Å². The van der Waals surface area contributed by atoms with Crippen LogP contribution in [0.25, 0.3) is 0 Å². The Hall–Kier alpha value is -2.34. The van der Waals surface area contributed by atoms with Crippen LogP contribution in [0.3, 0.4) is 0 Å². The fraction of sp³-hybridized carbons (Fsp3) is 0.200. The summed E-state index contributed by atoms with van der Waals surface area (Å²) in [5.41, 5.74) is 3.66. The van der Waals surface area contributed by atoms with Gasteiger partial charge in [-0.25, -0.2) is 4.98 Å². The molecular weight excluding hydrogens is 222 g/mol. The topological polar surface area (TPSA) is 48.7 Å². The molecule has 0 aliphatic rings. The van der Waals surface area contributed by atoms with Crippen LogP contribution in [0.5, 0.6) is 0 Å². The van der Waals surface area contributed by atoms with E-state index in [4.69, 9.17) is 5.26 Å². The van der Waals surface area contributed by atoms with Crippen molar-refractivity contribution in [1.29, 1.82) is 5.26 Å². The Balaban J connectivity index is 2.11. The Morgan fingerprint density at radius 1 is 1.17 bits per heavy atom. The Morgan fingerprint density at radius 2 is 1.94 bits per heavy atom. The van der Waals surface area contributed by atoms with Crippen LogP contribution in [-0.2, 0) is 6.42 Å².